The van der Waals surface area contributed by atoms with Crippen molar-refractivity contribution in [1.82, 2.24) is 14.9 Å². The summed E-state index contributed by atoms with van der Waals surface area (Å²) in [6.45, 7) is 0.682. The smallest absolute Gasteiger partial charge is 0.238 e. The van der Waals surface area contributed by atoms with Gasteiger partial charge in [0.05, 0.1) is 22.4 Å². The Kier molecular flexibility index (Phi) is 7.18. The first-order valence-electron chi connectivity index (χ1n) is 12.2. The maximum absolute atomic E-state index is 13.2. The Bertz CT molecular complexity index is 1550. The monoisotopic (exact) mass is 526 g/mol. The molecule has 38 heavy (non-hydrogen) atoms. The predicted octanol–water partition coefficient (Wildman–Crippen LogP) is 5.05. The van der Waals surface area contributed by atoms with E-state index in [0.29, 0.717) is 40.6 Å². The highest BCUT2D eigenvalue weighted by Crippen LogP contribution is 2.38. The van der Waals surface area contributed by atoms with Gasteiger partial charge in [-0.1, -0.05) is 23.7 Å². The number of carbonyl (C=O) groups excluding carboxylic acids is 2. The normalized spacial score (nSPS) is 15.0. The standard InChI is InChI=1S/C29H27ClN6O2/c1-35(2)15-12-26(37)36(3)21-8-6-20(7-9-21)33-28(18-4-11-23-25(16-18)32-14-13-31-23)27-22-10-5-19(30)17-24(22)34-29(27)38/h4-11,13-14,16-17,27H,12,15H2,1-3H3,(H,34,38). The summed E-state index contributed by atoms with van der Waals surface area (Å²) in [7, 11) is 5.65. The van der Waals surface area contributed by atoms with Gasteiger partial charge in [0.1, 0.15) is 5.92 Å². The zero-order chi connectivity index (χ0) is 26.8. The first-order chi connectivity index (χ1) is 18.3. The summed E-state index contributed by atoms with van der Waals surface area (Å²) >= 11 is 6.18. The molecule has 0 bridgehead atoms. The third-order valence-electron chi connectivity index (χ3n) is 6.52. The minimum atomic E-state index is -0.633. The van der Waals surface area contributed by atoms with E-state index in [2.05, 4.69) is 15.3 Å². The molecule has 1 aliphatic heterocycles. The Morgan fingerprint density at radius 3 is 2.45 bits per heavy atom. The van der Waals surface area contributed by atoms with E-state index in [9.17, 15) is 9.59 Å². The summed E-state index contributed by atoms with van der Waals surface area (Å²) in [6.07, 6.45) is 3.71. The van der Waals surface area contributed by atoms with Crippen LogP contribution in [0.4, 0.5) is 17.1 Å². The molecule has 2 amide bonds. The van der Waals surface area contributed by atoms with E-state index in [4.69, 9.17) is 16.6 Å². The lowest BCUT2D eigenvalue weighted by Gasteiger charge is -2.19. The molecule has 9 heteroatoms. The number of amides is 2. The summed E-state index contributed by atoms with van der Waals surface area (Å²) in [5.41, 5.74) is 5.72. The number of hydrogen-bond donors (Lipinski definition) is 1. The van der Waals surface area contributed by atoms with Gasteiger partial charge in [0.25, 0.3) is 0 Å². The number of carbonyl (C=O) groups is 2. The van der Waals surface area contributed by atoms with Crippen LogP contribution in [0.1, 0.15) is 23.5 Å². The molecule has 192 valence electrons. The Morgan fingerprint density at radius 2 is 1.71 bits per heavy atom. The molecule has 1 aromatic heterocycles. The Hall–Kier alpha value is -4.14. The molecular weight excluding hydrogens is 500 g/mol. The van der Waals surface area contributed by atoms with Gasteiger partial charge < -0.3 is 15.1 Å². The number of anilines is 2. The van der Waals surface area contributed by atoms with Crippen molar-refractivity contribution >= 4 is 57.2 Å². The van der Waals surface area contributed by atoms with Gasteiger partial charge in [0.2, 0.25) is 11.8 Å². The highest BCUT2D eigenvalue weighted by molar-refractivity contribution is 6.31. The van der Waals surface area contributed by atoms with Crippen LogP contribution in [0.3, 0.4) is 0 Å². The van der Waals surface area contributed by atoms with Crippen LogP contribution in [0.15, 0.2) is 78.0 Å². The number of fused-ring (bicyclic) bond motifs is 2. The molecule has 2 heterocycles. The van der Waals surface area contributed by atoms with Crippen LogP contribution in [0.25, 0.3) is 11.0 Å². The van der Waals surface area contributed by atoms with Crippen LogP contribution in [0, 0.1) is 0 Å². The van der Waals surface area contributed by atoms with E-state index in [1.54, 1.807) is 36.5 Å². The van der Waals surface area contributed by atoms with Crippen LogP contribution < -0.4 is 10.2 Å². The van der Waals surface area contributed by atoms with E-state index in [0.717, 1.165) is 22.3 Å². The number of benzene rings is 3. The maximum Gasteiger partial charge on any atom is 0.238 e. The quantitative estimate of drug-likeness (QED) is 0.340. The molecule has 0 spiro atoms. The zero-order valence-electron chi connectivity index (χ0n) is 21.4. The second-order valence-electron chi connectivity index (χ2n) is 9.43. The molecule has 1 unspecified atom stereocenters. The molecular formula is C29H27ClN6O2. The van der Waals surface area contributed by atoms with Crippen molar-refractivity contribution in [3.8, 4) is 0 Å². The first kappa shape index (κ1) is 25.5. The van der Waals surface area contributed by atoms with Gasteiger partial charge in [-0.3, -0.25) is 24.5 Å². The molecule has 3 aromatic carbocycles. The molecule has 1 N–H and O–H groups in total. The minimum Gasteiger partial charge on any atom is -0.325 e. The highest BCUT2D eigenvalue weighted by atomic mass is 35.5. The van der Waals surface area contributed by atoms with Crippen LogP contribution in [-0.2, 0) is 9.59 Å². The molecule has 0 aliphatic carbocycles. The fourth-order valence-corrected chi connectivity index (χ4v) is 4.62. The molecule has 4 aromatic rings. The largest absolute Gasteiger partial charge is 0.325 e. The van der Waals surface area contributed by atoms with E-state index >= 15 is 0 Å². The van der Waals surface area contributed by atoms with Crippen molar-refractivity contribution in [3.05, 3.63) is 89.2 Å². The fourth-order valence-electron chi connectivity index (χ4n) is 4.45. The molecule has 0 saturated heterocycles. The first-order valence-corrected chi connectivity index (χ1v) is 12.6. The summed E-state index contributed by atoms with van der Waals surface area (Å²) in [5, 5.41) is 3.48. The highest BCUT2D eigenvalue weighted by Gasteiger charge is 2.35. The van der Waals surface area contributed by atoms with Crippen LogP contribution in [0.2, 0.25) is 5.02 Å². The summed E-state index contributed by atoms with van der Waals surface area (Å²) in [5.74, 6) is -0.778. The summed E-state index contributed by atoms with van der Waals surface area (Å²) in [6, 6.07) is 18.5. The van der Waals surface area contributed by atoms with Crippen molar-refractivity contribution in [2.45, 2.75) is 12.3 Å². The minimum absolute atomic E-state index is 0.0332. The van der Waals surface area contributed by atoms with Crippen molar-refractivity contribution in [2.24, 2.45) is 4.99 Å². The van der Waals surface area contributed by atoms with Crippen molar-refractivity contribution in [3.63, 3.8) is 0 Å². The lowest BCUT2D eigenvalue weighted by atomic mass is 9.90. The van der Waals surface area contributed by atoms with Crippen LogP contribution >= 0.6 is 11.6 Å². The number of halogens is 1. The lowest BCUT2D eigenvalue weighted by Crippen LogP contribution is -2.29. The van der Waals surface area contributed by atoms with E-state index in [1.807, 2.05) is 67.5 Å². The molecule has 1 atom stereocenters. The van der Waals surface area contributed by atoms with Gasteiger partial charge in [-0.2, -0.15) is 0 Å². The Morgan fingerprint density at radius 1 is 0.974 bits per heavy atom. The average molecular weight is 527 g/mol. The molecule has 1 aliphatic rings. The molecule has 0 saturated carbocycles. The number of aromatic nitrogens is 2. The van der Waals surface area contributed by atoms with Gasteiger partial charge in [-0.25, -0.2) is 0 Å². The third-order valence-corrected chi connectivity index (χ3v) is 6.75. The van der Waals surface area contributed by atoms with E-state index < -0.39 is 5.92 Å². The van der Waals surface area contributed by atoms with Crippen molar-refractivity contribution < 1.29 is 9.59 Å². The maximum atomic E-state index is 13.2. The Balaban J connectivity index is 1.54. The predicted molar refractivity (Wildman–Crippen MR) is 152 cm³/mol. The van der Waals surface area contributed by atoms with Crippen LogP contribution in [-0.4, -0.2) is 60.1 Å². The number of hydrogen-bond acceptors (Lipinski definition) is 6. The van der Waals surface area contributed by atoms with Gasteiger partial charge in [0.15, 0.2) is 0 Å². The number of rotatable bonds is 7. The Labute approximate surface area is 226 Å². The van der Waals surface area contributed by atoms with Crippen LogP contribution in [0.5, 0.6) is 0 Å². The van der Waals surface area contributed by atoms with E-state index in [-0.39, 0.29) is 11.8 Å². The zero-order valence-corrected chi connectivity index (χ0v) is 22.1. The summed E-state index contributed by atoms with van der Waals surface area (Å²) in [4.78, 5) is 43.2. The van der Waals surface area contributed by atoms with Gasteiger partial charge in [0, 0.05) is 48.8 Å². The third kappa shape index (κ3) is 5.27. The average Bonchev–Trinajstić information content (AvgIpc) is 3.24. The molecule has 8 nitrogen and oxygen atoms in total. The molecule has 0 radical (unpaired) electrons. The van der Waals surface area contributed by atoms with Crippen molar-refractivity contribution in [1.29, 1.82) is 0 Å². The topological polar surface area (TPSA) is 90.8 Å². The van der Waals surface area contributed by atoms with E-state index in [1.165, 1.54) is 0 Å². The van der Waals surface area contributed by atoms with Gasteiger partial charge >= 0.3 is 0 Å². The van der Waals surface area contributed by atoms with Crippen molar-refractivity contribution in [2.75, 3.05) is 37.9 Å². The molecule has 0 fully saturated rings. The lowest BCUT2D eigenvalue weighted by molar-refractivity contribution is -0.118. The SMILES string of the molecule is CN(C)CCC(=O)N(C)c1ccc(N=C(c2ccc3nccnc3c2)C2C(=O)Nc3cc(Cl)ccc32)cc1. The number of nitrogens with zero attached hydrogens (tertiary/aromatic N) is 5. The number of nitrogens with one attached hydrogen (secondary N) is 1. The number of aliphatic imine (C=N–C) groups is 1. The second kappa shape index (κ2) is 10.7. The van der Waals surface area contributed by atoms with Gasteiger partial charge in [-0.05, 0) is 73.8 Å². The fraction of sp³-hybridized carbons (Fsp3) is 0.207. The van der Waals surface area contributed by atoms with Gasteiger partial charge in [-0.15, -0.1) is 0 Å². The molecule has 5 rings (SSSR count). The summed E-state index contributed by atoms with van der Waals surface area (Å²) < 4.78 is 0. The second-order valence-corrected chi connectivity index (χ2v) is 9.87.